The average Bonchev–Trinajstić information content (AvgIpc) is 2.69. The molecular formula is C16H22ClN3O2. The largest absolute Gasteiger partial charge is 0.444 e. The number of anilines is 1. The maximum atomic E-state index is 12.2. The van der Waals surface area contributed by atoms with Crippen molar-refractivity contribution in [1.29, 1.82) is 0 Å². The number of ether oxygens (including phenoxy) is 1. The molecule has 3 rings (SSSR count). The molecule has 0 unspecified atom stereocenters. The zero-order valence-corrected chi connectivity index (χ0v) is 14.2. The molecule has 0 spiro atoms. The average molecular weight is 324 g/mol. The Hall–Kier alpha value is -1.49. The van der Waals surface area contributed by atoms with Crippen LogP contribution in [-0.2, 0) is 4.74 Å². The van der Waals surface area contributed by atoms with Gasteiger partial charge in [-0.15, -0.1) is 0 Å². The number of rotatable bonds is 1. The third-order valence-electron chi connectivity index (χ3n) is 4.23. The summed E-state index contributed by atoms with van der Waals surface area (Å²) in [5, 5.41) is 0.543. The van der Waals surface area contributed by atoms with E-state index in [9.17, 15) is 4.79 Å². The summed E-state index contributed by atoms with van der Waals surface area (Å²) < 4.78 is 5.46. The second kappa shape index (κ2) is 5.30. The van der Waals surface area contributed by atoms with Crippen LogP contribution in [-0.4, -0.2) is 47.3 Å². The van der Waals surface area contributed by atoms with Crippen LogP contribution in [0.4, 0.5) is 10.5 Å². The summed E-state index contributed by atoms with van der Waals surface area (Å²) in [5.41, 5.74) is 1.60. The fourth-order valence-electron chi connectivity index (χ4n) is 3.09. The van der Waals surface area contributed by atoms with Crippen LogP contribution in [0.5, 0.6) is 0 Å². The van der Waals surface area contributed by atoms with E-state index in [2.05, 4.69) is 16.0 Å². The van der Waals surface area contributed by atoms with Gasteiger partial charge in [-0.2, -0.15) is 0 Å². The lowest BCUT2D eigenvalue weighted by Gasteiger charge is -2.43. The number of halogens is 1. The van der Waals surface area contributed by atoms with Crippen LogP contribution >= 0.6 is 11.6 Å². The number of hydrogen-bond donors (Lipinski definition) is 0. The molecule has 120 valence electrons. The van der Waals surface area contributed by atoms with Gasteiger partial charge in [0, 0.05) is 25.6 Å². The van der Waals surface area contributed by atoms with Crippen molar-refractivity contribution >= 4 is 23.4 Å². The Morgan fingerprint density at radius 1 is 1.36 bits per heavy atom. The summed E-state index contributed by atoms with van der Waals surface area (Å²) in [5.74, 6) is 0.517. The minimum atomic E-state index is -0.447. The lowest BCUT2D eigenvalue weighted by molar-refractivity contribution is -0.0163. The van der Waals surface area contributed by atoms with Gasteiger partial charge >= 0.3 is 6.09 Å². The van der Waals surface area contributed by atoms with Crippen LogP contribution in [0, 0.1) is 12.8 Å². The zero-order valence-electron chi connectivity index (χ0n) is 13.5. The summed E-state index contributed by atoms with van der Waals surface area (Å²) in [7, 11) is 0. The number of likely N-dealkylation sites (tertiary alicyclic amines) is 1. The molecule has 2 saturated heterocycles. The highest BCUT2D eigenvalue weighted by atomic mass is 35.5. The van der Waals surface area contributed by atoms with Crippen molar-refractivity contribution in [1.82, 2.24) is 9.88 Å². The Morgan fingerprint density at radius 2 is 2.09 bits per heavy atom. The van der Waals surface area contributed by atoms with E-state index in [1.165, 1.54) is 0 Å². The van der Waals surface area contributed by atoms with Crippen LogP contribution in [0.15, 0.2) is 12.3 Å². The molecule has 1 amide bonds. The van der Waals surface area contributed by atoms with Gasteiger partial charge in [-0.05, 0) is 39.3 Å². The summed E-state index contributed by atoms with van der Waals surface area (Å²) in [6, 6.07) is 2.29. The third-order valence-corrected chi connectivity index (χ3v) is 4.63. The minimum Gasteiger partial charge on any atom is -0.444 e. The van der Waals surface area contributed by atoms with Crippen LogP contribution in [0.3, 0.4) is 0 Å². The van der Waals surface area contributed by atoms with Crippen molar-refractivity contribution < 1.29 is 9.53 Å². The first-order chi connectivity index (χ1) is 10.2. The highest BCUT2D eigenvalue weighted by Gasteiger charge is 2.49. The molecule has 2 atom stereocenters. The van der Waals surface area contributed by atoms with Crippen LogP contribution in [0.25, 0.3) is 0 Å². The van der Waals surface area contributed by atoms with Gasteiger partial charge < -0.3 is 14.5 Å². The summed E-state index contributed by atoms with van der Waals surface area (Å²) >= 11 is 5.98. The SMILES string of the molecule is Cc1cc(N2C[C@H]3CN(C(=O)OC(C)(C)C)[C@H]3C2)cnc1Cl. The molecule has 0 N–H and O–H groups in total. The second-order valence-electron chi connectivity index (χ2n) is 7.17. The number of carbonyl (C=O) groups excluding carboxylic acids is 1. The number of hydrogen-bond acceptors (Lipinski definition) is 4. The standard InChI is InChI=1S/C16H22ClN3O2/c1-10-5-12(6-18-14(10)17)19-7-11-8-20(13(11)9-19)15(21)22-16(2,3)4/h5-6,11,13H,7-9H2,1-4H3/t11-,13-/m0/s1. The summed E-state index contributed by atoms with van der Waals surface area (Å²) in [6.07, 6.45) is 1.60. The topological polar surface area (TPSA) is 45.7 Å². The number of fused-ring (bicyclic) bond motifs is 1. The maximum Gasteiger partial charge on any atom is 0.410 e. The number of pyridine rings is 1. The van der Waals surface area contributed by atoms with E-state index >= 15 is 0 Å². The third kappa shape index (κ3) is 2.86. The van der Waals surface area contributed by atoms with Gasteiger partial charge in [0.05, 0.1) is 17.9 Å². The number of aromatic nitrogens is 1. The van der Waals surface area contributed by atoms with Crippen molar-refractivity contribution in [3.8, 4) is 0 Å². The quantitative estimate of drug-likeness (QED) is 0.745. The smallest absolute Gasteiger partial charge is 0.410 e. The first-order valence-corrected chi connectivity index (χ1v) is 7.99. The molecular weight excluding hydrogens is 302 g/mol. The molecule has 1 aromatic heterocycles. The molecule has 2 fully saturated rings. The highest BCUT2D eigenvalue weighted by Crippen LogP contribution is 2.36. The first kappa shape index (κ1) is 15.4. The normalized spacial score (nSPS) is 24.0. The highest BCUT2D eigenvalue weighted by molar-refractivity contribution is 6.30. The van der Waals surface area contributed by atoms with Gasteiger partial charge in [-0.25, -0.2) is 9.78 Å². The van der Waals surface area contributed by atoms with E-state index in [1.54, 1.807) is 6.20 Å². The molecule has 0 saturated carbocycles. The van der Waals surface area contributed by atoms with Crippen LogP contribution in [0.1, 0.15) is 26.3 Å². The molecule has 2 aliphatic heterocycles. The summed E-state index contributed by atoms with van der Waals surface area (Å²) in [4.78, 5) is 20.5. The van der Waals surface area contributed by atoms with Gasteiger partial charge in [0.25, 0.3) is 0 Å². The molecule has 0 radical (unpaired) electrons. The second-order valence-corrected chi connectivity index (χ2v) is 7.52. The van der Waals surface area contributed by atoms with Crippen LogP contribution in [0.2, 0.25) is 5.15 Å². The van der Waals surface area contributed by atoms with E-state index in [1.807, 2.05) is 32.6 Å². The monoisotopic (exact) mass is 323 g/mol. The lowest BCUT2D eigenvalue weighted by atomic mass is 9.93. The van der Waals surface area contributed by atoms with Gasteiger partial charge in [-0.1, -0.05) is 11.6 Å². The van der Waals surface area contributed by atoms with Crippen LogP contribution < -0.4 is 4.90 Å². The Balaban J connectivity index is 1.65. The predicted molar refractivity (Wildman–Crippen MR) is 86.4 cm³/mol. The fraction of sp³-hybridized carbons (Fsp3) is 0.625. The predicted octanol–water partition coefficient (Wildman–Crippen LogP) is 3.10. The van der Waals surface area contributed by atoms with Crippen molar-refractivity contribution in [3.63, 3.8) is 0 Å². The molecule has 3 heterocycles. The molecule has 2 aliphatic rings. The minimum absolute atomic E-state index is 0.207. The Morgan fingerprint density at radius 3 is 2.73 bits per heavy atom. The van der Waals surface area contributed by atoms with Gasteiger partial charge in [-0.3, -0.25) is 0 Å². The Bertz CT molecular complexity index is 600. The number of aryl methyl sites for hydroxylation is 1. The van der Waals surface area contributed by atoms with Crippen molar-refractivity contribution in [2.45, 2.75) is 39.3 Å². The zero-order chi connectivity index (χ0) is 16.1. The van der Waals surface area contributed by atoms with E-state index < -0.39 is 5.60 Å². The fourth-order valence-corrected chi connectivity index (χ4v) is 3.20. The molecule has 0 aromatic carbocycles. The van der Waals surface area contributed by atoms with Gasteiger partial charge in [0.1, 0.15) is 10.8 Å². The lowest BCUT2D eigenvalue weighted by Crippen LogP contribution is -2.59. The molecule has 5 nitrogen and oxygen atoms in total. The van der Waals surface area contributed by atoms with Crippen molar-refractivity contribution in [3.05, 3.63) is 23.0 Å². The van der Waals surface area contributed by atoms with E-state index in [0.717, 1.165) is 30.9 Å². The number of nitrogens with zero attached hydrogens (tertiary/aromatic N) is 3. The van der Waals surface area contributed by atoms with Gasteiger partial charge in [0.2, 0.25) is 0 Å². The molecule has 0 aliphatic carbocycles. The molecule has 6 heteroatoms. The van der Waals surface area contributed by atoms with E-state index in [-0.39, 0.29) is 12.1 Å². The van der Waals surface area contributed by atoms with Gasteiger partial charge in [0.15, 0.2) is 0 Å². The van der Waals surface area contributed by atoms with Crippen molar-refractivity contribution in [2.75, 3.05) is 24.5 Å². The van der Waals surface area contributed by atoms with E-state index in [0.29, 0.717) is 11.1 Å². The maximum absolute atomic E-state index is 12.2. The van der Waals surface area contributed by atoms with E-state index in [4.69, 9.17) is 16.3 Å². The molecule has 0 bridgehead atoms. The van der Waals surface area contributed by atoms with Crippen molar-refractivity contribution in [2.24, 2.45) is 5.92 Å². The molecule has 22 heavy (non-hydrogen) atoms. The number of carbonyl (C=O) groups is 1. The summed E-state index contributed by atoms with van der Waals surface area (Å²) in [6.45, 7) is 10.2. The molecule has 1 aromatic rings. The first-order valence-electron chi connectivity index (χ1n) is 7.61. The Labute approximate surface area is 136 Å². The Kier molecular flexibility index (Phi) is 3.71. The number of amides is 1.